The SMILES string of the molecule is Cc1nn(COCC[Si](C)(C)C)c(C)c1-c1ccc(NC(=O)[C@@H](N)[C@@H]2CCCc3ccc(Br)cc32)cc1.Cc1nn(COCC[Si](C)(C)C)c(C)c1-c1ccc(NC(=O)[C@@H](N[B]C=O)[C@@H]2CCCc3ccc(Br)cc32)cc1.Cl. The fraction of sp³-hybridized carbons (Fsp3) is 0.441. The zero-order valence-corrected chi connectivity index (χ0v) is 53.1. The number of ether oxygens (including phenoxy) is 2. The summed E-state index contributed by atoms with van der Waals surface area (Å²) >= 11 is 7.14. The third-order valence-electron chi connectivity index (χ3n) is 14.8. The lowest BCUT2D eigenvalue weighted by Gasteiger charge is -2.32. The van der Waals surface area contributed by atoms with Crippen LogP contribution in [0.2, 0.25) is 51.4 Å². The van der Waals surface area contributed by atoms with Gasteiger partial charge in [0.15, 0.2) is 0 Å². The van der Waals surface area contributed by atoms with E-state index in [1.165, 1.54) is 24.1 Å². The van der Waals surface area contributed by atoms with Gasteiger partial charge in [0.05, 0.1) is 29.7 Å². The Bertz CT molecular complexity index is 3000. The van der Waals surface area contributed by atoms with E-state index in [1.807, 2.05) is 77.8 Å². The average molecular weight is 1240 g/mol. The van der Waals surface area contributed by atoms with Crippen molar-refractivity contribution in [2.45, 2.75) is 155 Å². The van der Waals surface area contributed by atoms with Crippen molar-refractivity contribution in [1.29, 1.82) is 0 Å². The number of fused-ring (bicyclic) bond motifs is 2. The molecule has 2 aliphatic carbocycles. The smallest absolute Gasteiger partial charge is 0.291 e. The van der Waals surface area contributed by atoms with Gasteiger partial charge in [0.2, 0.25) is 11.8 Å². The minimum Gasteiger partial charge on any atom is -0.360 e. The molecule has 0 saturated heterocycles. The number of hydrogen-bond acceptors (Lipinski definition) is 9. The van der Waals surface area contributed by atoms with Gasteiger partial charge >= 0.3 is 0 Å². The maximum Gasteiger partial charge on any atom is 0.291 e. The van der Waals surface area contributed by atoms with Gasteiger partial charge in [0.1, 0.15) is 13.5 Å². The van der Waals surface area contributed by atoms with E-state index in [9.17, 15) is 14.4 Å². The highest BCUT2D eigenvalue weighted by atomic mass is 79.9. The number of rotatable bonds is 21. The van der Waals surface area contributed by atoms with E-state index >= 15 is 0 Å². The van der Waals surface area contributed by atoms with Crippen molar-refractivity contribution in [3.63, 3.8) is 0 Å². The van der Waals surface area contributed by atoms with Crippen LogP contribution >= 0.6 is 44.3 Å². The van der Waals surface area contributed by atoms with Crippen LogP contribution < -0.4 is 21.6 Å². The van der Waals surface area contributed by atoms with E-state index in [2.05, 4.69) is 131 Å². The summed E-state index contributed by atoms with van der Waals surface area (Å²) in [6.07, 6.45) is 6.54. The van der Waals surface area contributed by atoms with Crippen LogP contribution in [-0.4, -0.2) is 86.4 Å². The van der Waals surface area contributed by atoms with Crippen LogP contribution in [0.25, 0.3) is 22.3 Å². The number of aromatic nitrogens is 4. The molecule has 0 bridgehead atoms. The number of nitrogens with zero attached hydrogens (tertiary/aromatic N) is 4. The standard InChI is InChI=1S/C30H39BBrN4O3Si.C29H39BrN4O2Si.ClH/c1-20-28(21(2)36(35-20)19-39-15-16-40(3,4)5)23-10-13-25(14-11-23)33-30(38)29(34-31-18-37)26-8-6-7-22-9-12-24(32)17-27(22)26;1-19-27(20(2)34(33-19)18-36-15-16-37(3,4)5)22-10-13-24(14-11-22)32-29(35)28(31)25-8-6-7-21-9-12-23(30)17-26(21)25;/h9-14,17-18,26,29,34H,6-8,15-16,19H2,1-5H3,(H,33,38);9-14,17,25,28H,6-8,15-16,18,31H2,1-5H3,(H,32,35);1H/t26-,29+;25-,28+;/m11./s1. The molecular weight excluding hydrogens is 1160 g/mol. The molecule has 0 fully saturated rings. The molecule has 2 aromatic heterocycles. The Morgan fingerprint density at radius 3 is 1.54 bits per heavy atom. The summed E-state index contributed by atoms with van der Waals surface area (Å²) in [4.78, 5) is 37.8. The van der Waals surface area contributed by atoms with Crippen molar-refractivity contribution in [1.82, 2.24) is 24.8 Å². The fourth-order valence-electron chi connectivity index (χ4n) is 10.5. The second-order valence-corrected chi connectivity index (χ2v) is 36.2. The number of benzene rings is 4. The number of halogens is 3. The summed E-state index contributed by atoms with van der Waals surface area (Å²) in [5.74, 6) is -0.342. The summed E-state index contributed by atoms with van der Waals surface area (Å²) in [6.45, 7) is 24.7. The van der Waals surface area contributed by atoms with Crippen LogP contribution in [0.4, 0.5) is 11.4 Å². The second kappa shape index (κ2) is 28.3. The van der Waals surface area contributed by atoms with Crippen molar-refractivity contribution in [3.05, 3.63) is 139 Å². The lowest BCUT2D eigenvalue weighted by molar-refractivity contribution is -0.119. The summed E-state index contributed by atoms with van der Waals surface area (Å²) in [5.41, 5.74) is 21.1. The molecule has 8 rings (SSSR count). The first-order valence-electron chi connectivity index (χ1n) is 27.0. The van der Waals surface area contributed by atoms with Gasteiger partial charge in [-0.15, -0.1) is 12.4 Å². The van der Waals surface area contributed by atoms with Gasteiger partial charge in [0.25, 0.3) is 7.41 Å². The van der Waals surface area contributed by atoms with Gasteiger partial charge < -0.3 is 35.9 Å². The topological polar surface area (TPSA) is 167 Å². The van der Waals surface area contributed by atoms with Gasteiger partial charge in [-0.1, -0.05) is 108 Å². The molecule has 2 aliphatic rings. The number of nitrogens with two attached hydrogens (primary N) is 1. The van der Waals surface area contributed by atoms with Crippen molar-refractivity contribution in [2.24, 2.45) is 5.73 Å². The number of nitrogens with one attached hydrogen (secondary N) is 3. The molecule has 0 saturated carbocycles. The molecule has 0 spiro atoms. The molecule has 2 heterocycles. The third-order valence-corrected chi connectivity index (χ3v) is 19.2. The summed E-state index contributed by atoms with van der Waals surface area (Å²) in [5, 5.41) is 18.6. The highest BCUT2D eigenvalue weighted by Crippen LogP contribution is 2.38. The maximum atomic E-state index is 13.5. The summed E-state index contributed by atoms with van der Waals surface area (Å²) in [6, 6.07) is 29.4. The third kappa shape index (κ3) is 16.8. The normalized spacial score (nSPS) is 15.9. The van der Waals surface area contributed by atoms with E-state index in [4.69, 9.17) is 25.4 Å². The fourth-order valence-corrected chi connectivity index (χ4v) is 12.7. The predicted molar refractivity (Wildman–Crippen MR) is 334 cm³/mol. The molecular formula is C59H79BBr2ClN8O5Si2. The lowest BCUT2D eigenvalue weighted by atomic mass is 9.77. The first-order chi connectivity index (χ1) is 36.6. The average Bonchev–Trinajstić information content (AvgIpc) is 3.85. The van der Waals surface area contributed by atoms with Crippen LogP contribution in [-0.2, 0) is 50.2 Å². The van der Waals surface area contributed by atoms with E-state index in [0.717, 1.165) is 129 Å². The van der Waals surface area contributed by atoms with Crippen LogP contribution in [0.15, 0.2) is 93.9 Å². The van der Waals surface area contributed by atoms with Crippen LogP contribution in [0.1, 0.15) is 82.5 Å². The Morgan fingerprint density at radius 2 is 1.10 bits per heavy atom. The number of hydrogen-bond donors (Lipinski definition) is 4. The first kappa shape index (κ1) is 62.7. The number of carbonyl (C=O) groups is 3. The largest absolute Gasteiger partial charge is 0.360 e. The highest BCUT2D eigenvalue weighted by molar-refractivity contribution is 9.10. The van der Waals surface area contributed by atoms with E-state index in [-0.39, 0.29) is 36.1 Å². The number of carbonyl (C=O) groups excluding carboxylic acids is 3. The quantitative estimate of drug-likeness (QED) is 0.0311. The molecule has 13 nitrogen and oxygen atoms in total. The monoisotopic (exact) mass is 1240 g/mol. The molecule has 5 N–H and O–H groups in total. The highest BCUT2D eigenvalue weighted by Gasteiger charge is 2.34. The van der Waals surface area contributed by atoms with E-state index in [1.54, 1.807) is 0 Å². The molecule has 4 atom stereocenters. The van der Waals surface area contributed by atoms with E-state index in [0.29, 0.717) is 25.3 Å². The summed E-state index contributed by atoms with van der Waals surface area (Å²) < 4.78 is 17.7. The number of amides is 2. The molecule has 4 aromatic carbocycles. The Hall–Kier alpha value is -4.50. The summed E-state index contributed by atoms with van der Waals surface area (Å²) in [7, 11) is -0.932. The molecule has 6 aromatic rings. The lowest BCUT2D eigenvalue weighted by Crippen LogP contribution is -2.47. The van der Waals surface area contributed by atoms with Crippen molar-refractivity contribution in [2.75, 3.05) is 23.8 Å². The molecule has 1 radical (unpaired) electrons. The molecule has 417 valence electrons. The van der Waals surface area contributed by atoms with Gasteiger partial charge in [-0.2, -0.15) is 10.2 Å². The van der Waals surface area contributed by atoms with Gasteiger partial charge in [-0.3, -0.25) is 9.59 Å². The molecule has 0 unspecified atom stereocenters. The Labute approximate surface area is 488 Å². The molecule has 78 heavy (non-hydrogen) atoms. The van der Waals surface area contributed by atoms with Gasteiger partial charge in [-0.25, -0.2) is 9.36 Å². The van der Waals surface area contributed by atoms with Gasteiger partial charge in [-0.05, 0) is 160 Å². The number of aryl methyl sites for hydroxylation is 4. The Balaban J connectivity index is 0.000000250. The minimum atomic E-state index is -1.13. The Kier molecular flexibility index (Phi) is 22.7. The number of anilines is 2. The zero-order valence-electron chi connectivity index (χ0n) is 47.1. The van der Waals surface area contributed by atoms with Crippen LogP contribution in [0, 0.1) is 27.7 Å². The molecule has 19 heteroatoms. The van der Waals surface area contributed by atoms with E-state index < -0.39 is 28.2 Å². The van der Waals surface area contributed by atoms with Crippen molar-refractivity contribution >= 4 is 97.2 Å². The van der Waals surface area contributed by atoms with Crippen molar-refractivity contribution < 1.29 is 23.9 Å². The Morgan fingerprint density at radius 1 is 0.679 bits per heavy atom. The molecule has 2 amide bonds. The second-order valence-electron chi connectivity index (χ2n) is 23.1. The first-order valence-corrected chi connectivity index (χ1v) is 36.0. The zero-order chi connectivity index (χ0) is 55.6. The minimum absolute atomic E-state index is 0. The maximum absolute atomic E-state index is 13.5. The predicted octanol–water partition coefficient (Wildman–Crippen LogP) is 13.1. The van der Waals surface area contributed by atoms with Crippen LogP contribution in [0.3, 0.4) is 0 Å². The molecule has 0 aliphatic heterocycles. The van der Waals surface area contributed by atoms with Crippen LogP contribution in [0.5, 0.6) is 0 Å². The van der Waals surface area contributed by atoms with Gasteiger partial charge in [0, 0.05) is 84.0 Å². The van der Waals surface area contributed by atoms with Crippen molar-refractivity contribution in [3.8, 4) is 22.3 Å².